The predicted octanol–water partition coefficient (Wildman–Crippen LogP) is 2.70. The zero-order chi connectivity index (χ0) is 22.6. The number of hydrogen-bond donors (Lipinski definition) is 3. The van der Waals surface area contributed by atoms with E-state index in [-0.39, 0.29) is 0 Å². The molecule has 0 aromatic heterocycles. The molecule has 0 aliphatic heterocycles. The smallest absolute Gasteiger partial charge is 0.490 e. The molecule has 0 atom stereocenters. The van der Waals surface area contributed by atoms with Crippen LogP contribution in [0.1, 0.15) is 10.4 Å². The van der Waals surface area contributed by atoms with Crippen LogP contribution in [0.4, 0.5) is 13.2 Å². The first-order valence-corrected chi connectivity index (χ1v) is 8.78. The fourth-order valence-electron chi connectivity index (χ4n) is 2.14. The number of carbonyl (C=O) groups is 2. The van der Waals surface area contributed by atoms with Crippen molar-refractivity contribution < 1.29 is 37.3 Å². The SMILES string of the molecule is COCCNCCOc1ccc(-c2cccc(C(N)=O)c2)cc1.O=C(O)C(F)(F)F. The van der Waals surface area contributed by atoms with Crippen LogP contribution in [0.25, 0.3) is 11.1 Å². The van der Waals surface area contributed by atoms with Gasteiger partial charge in [0.2, 0.25) is 5.91 Å². The molecule has 2 rings (SSSR count). The third-order valence-corrected chi connectivity index (χ3v) is 3.61. The zero-order valence-corrected chi connectivity index (χ0v) is 16.2. The maximum absolute atomic E-state index is 11.2. The van der Waals surface area contributed by atoms with Crippen LogP contribution >= 0.6 is 0 Å². The van der Waals surface area contributed by atoms with E-state index in [4.69, 9.17) is 25.1 Å². The average Bonchev–Trinajstić information content (AvgIpc) is 2.71. The molecule has 2 aromatic carbocycles. The number of nitrogens with one attached hydrogen (secondary N) is 1. The Morgan fingerprint density at radius 1 is 1.03 bits per heavy atom. The number of halogens is 3. The van der Waals surface area contributed by atoms with Crippen LogP contribution in [0.5, 0.6) is 5.75 Å². The molecule has 4 N–H and O–H groups in total. The molecule has 0 heterocycles. The van der Waals surface area contributed by atoms with E-state index in [1.807, 2.05) is 36.4 Å². The van der Waals surface area contributed by atoms with Crippen molar-refractivity contribution in [2.24, 2.45) is 5.73 Å². The van der Waals surface area contributed by atoms with Crippen molar-refractivity contribution in [3.8, 4) is 16.9 Å². The number of carboxylic acid groups (broad SMARTS) is 1. The summed E-state index contributed by atoms with van der Waals surface area (Å²) < 4.78 is 42.4. The van der Waals surface area contributed by atoms with Crippen LogP contribution in [0.15, 0.2) is 48.5 Å². The molecule has 0 aliphatic rings. The van der Waals surface area contributed by atoms with Gasteiger partial charge in [-0.05, 0) is 35.4 Å². The molecule has 0 radical (unpaired) electrons. The van der Waals surface area contributed by atoms with Gasteiger partial charge < -0.3 is 25.6 Å². The first-order chi connectivity index (χ1) is 14.1. The van der Waals surface area contributed by atoms with Crippen LogP contribution in [-0.2, 0) is 9.53 Å². The molecule has 164 valence electrons. The number of carbonyl (C=O) groups excluding carboxylic acids is 1. The Balaban J connectivity index is 0.000000553. The van der Waals surface area contributed by atoms with Crippen molar-refractivity contribution in [2.75, 3.05) is 33.4 Å². The lowest BCUT2D eigenvalue weighted by Gasteiger charge is -2.09. The molecule has 7 nitrogen and oxygen atoms in total. The third kappa shape index (κ3) is 9.39. The number of nitrogens with two attached hydrogens (primary N) is 1. The molecule has 30 heavy (non-hydrogen) atoms. The summed E-state index contributed by atoms with van der Waals surface area (Å²) in [5, 5.41) is 10.3. The number of rotatable bonds is 9. The molecule has 2 aromatic rings. The lowest BCUT2D eigenvalue weighted by molar-refractivity contribution is -0.192. The topological polar surface area (TPSA) is 111 Å². The van der Waals surface area contributed by atoms with Crippen LogP contribution in [-0.4, -0.2) is 56.6 Å². The Labute approximate surface area is 171 Å². The second kappa shape index (κ2) is 12.5. The number of aliphatic carboxylic acids is 1. The second-order valence-electron chi connectivity index (χ2n) is 5.86. The number of benzene rings is 2. The Kier molecular flexibility index (Phi) is 10.3. The van der Waals surface area contributed by atoms with E-state index in [2.05, 4.69) is 5.32 Å². The zero-order valence-electron chi connectivity index (χ0n) is 16.2. The first-order valence-electron chi connectivity index (χ1n) is 8.78. The number of alkyl halides is 3. The van der Waals surface area contributed by atoms with E-state index < -0.39 is 18.1 Å². The summed E-state index contributed by atoms with van der Waals surface area (Å²) in [5.74, 6) is -2.37. The largest absolute Gasteiger partial charge is 0.492 e. The van der Waals surface area contributed by atoms with Crippen LogP contribution in [0.3, 0.4) is 0 Å². The maximum atomic E-state index is 11.2. The van der Waals surface area contributed by atoms with Crippen LogP contribution < -0.4 is 15.8 Å². The highest BCUT2D eigenvalue weighted by molar-refractivity contribution is 5.94. The molecule has 1 amide bonds. The predicted molar refractivity (Wildman–Crippen MR) is 104 cm³/mol. The van der Waals surface area contributed by atoms with Gasteiger partial charge >= 0.3 is 12.1 Å². The first kappa shape index (κ1) is 24.9. The Hall–Kier alpha value is -3.11. The molecule has 0 saturated heterocycles. The molecule has 0 aliphatic carbocycles. The summed E-state index contributed by atoms with van der Waals surface area (Å²) in [5.41, 5.74) is 7.78. The molecular weight excluding hydrogens is 405 g/mol. The van der Waals surface area contributed by atoms with Crippen LogP contribution in [0, 0.1) is 0 Å². The molecule has 0 fully saturated rings. The molecule has 10 heteroatoms. The van der Waals surface area contributed by atoms with Gasteiger partial charge in [-0.25, -0.2) is 4.79 Å². The molecule has 0 bridgehead atoms. The molecular formula is C20H23F3N2O5. The number of hydrogen-bond acceptors (Lipinski definition) is 5. The van der Waals surface area contributed by atoms with Gasteiger partial charge in [0.15, 0.2) is 0 Å². The average molecular weight is 428 g/mol. The maximum Gasteiger partial charge on any atom is 0.490 e. The van der Waals surface area contributed by atoms with E-state index in [9.17, 15) is 18.0 Å². The normalized spacial score (nSPS) is 10.7. The second-order valence-corrected chi connectivity index (χ2v) is 5.86. The summed E-state index contributed by atoms with van der Waals surface area (Å²) in [6, 6.07) is 15.0. The van der Waals surface area contributed by atoms with Gasteiger partial charge in [0.05, 0.1) is 6.61 Å². The van der Waals surface area contributed by atoms with E-state index in [1.54, 1.807) is 19.2 Å². The monoisotopic (exact) mass is 428 g/mol. The van der Waals surface area contributed by atoms with Crippen molar-refractivity contribution in [1.82, 2.24) is 5.32 Å². The van der Waals surface area contributed by atoms with Crippen molar-refractivity contribution in [1.29, 1.82) is 0 Å². The minimum Gasteiger partial charge on any atom is -0.492 e. The van der Waals surface area contributed by atoms with Gasteiger partial charge in [-0.15, -0.1) is 0 Å². The van der Waals surface area contributed by atoms with E-state index in [0.717, 1.165) is 30.0 Å². The van der Waals surface area contributed by atoms with E-state index in [0.29, 0.717) is 18.8 Å². The number of amides is 1. The highest BCUT2D eigenvalue weighted by atomic mass is 19.4. The van der Waals surface area contributed by atoms with Gasteiger partial charge in [0, 0.05) is 25.8 Å². The summed E-state index contributed by atoms with van der Waals surface area (Å²) in [6.07, 6.45) is -5.08. The van der Waals surface area contributed by atoms with Gasteiger partial charge in [-0.1, -0.05) is 24.3 Å². The molecule has 0 saturated carbocycles. The minimum absolute atomic E-state index is 0.423. The lowest BCUT2D eigenvalue weighted by Crippen LogP contribution is -2.24. The Morgan fingerprint density at radius 2 is 1.63 bits per heavy atom. The number of primary amides is 1. The summed E-state index contributed by atoms with van der Waals surface area (Å²) in [6.45, 7) is 2.88. The Morgan fingerprint density at radius 3 is 2.17 bits per heavy atom. The number of carboxylic acids is 1. The standard InChI is InChI=1S/C18H22N2O3.C2HF3O2/c1-22-11-9-20-10-12-23-17-7-5-14(6-8-17)15-3-2-4-16(13-15)18(19)21;3-2(4,5)1(6)7/h2-8,13,20H,9-12H2,1H3,(H2,19,21);(H,6,7). The summed E-state index contributed by atoms with van der Waals surface area (Å²) in [4.78, 5) is 20.1. The summed E-state index contributed by atoms with van der Waals surface area (Å²) >= 11 is 0. The van der Waals surface area contributed by atoms with Gasteiger partial charge in [0.25, 0.3) is 0 Å². The van der Waals surface area contributed by atoms with Gasteiger partial charge in [0.1, 0.15) is 12.4 Å². The number of ether oxygens (including phenoxy) is 2. The third-order valence-electron chi connectivity index (χ3n) is 3.61. The quantitative estimate of drug-likeness (QED) is 0.530. The van der Waals surface area contributed by atoms with Gasteiger partial charge in [-0.3, -0.25) is 4.79 Å². The van der Waals surface area contributed by atoms with Crippen molar-refractivity contribution in [2.45, 2.75) is 6.18 Å². The lowest BCUT2D eigenvalue weighted by atomic mass is 10.0. The summed E-state index contributed by atoms with van der Waals surface area (Å²) in [7, 11) is 1.68. The van der Waals surface area contributed by atoms with E-state index >= 15 is 0 Å². The molecule has 0 unspecified atom stereocenters. The van der Waals surface area contributed by atoms with E-state index in [1.165, 1.54) is 0 Å². The van der Waals surface area contributed by atoms with Gasteiger partial charge in [-0.2, -0.15) is 13.2 Å². The number of methoxy groups -OCH3 is 1. The van der Waals surface area contributed by atoms with Crippen molar-refractivity contribution in [3.63, 3.8) is 0 Å². The van der Waals surface area contributed by atoms with Crippen molar-refractivity contribution >= 4 is 11.9 Å². The fraction of sp³-hybridized carbons (Fsp3) is 0.300. The van der Waals surface area contributed by atoms with Crippen molar-refractivity contribution in [3.05, 3.63) is 54.1 Å². The highest BCUT2D eigenvalue weighted by Gasteiger charge is 2.38. The highest BCUT2D eigenvalue weighted by Crippen LogP contribution is 2.23. The Bertz CT molecular complexity index is 811. The van der Waals surface area contributed by atoms with Crippen LogP contribution in [0.2, 0.25) is 0 Å². The molecule has 0 spiro atoms. The fourth-order valence-corrected chi connectivity index (χ4v) is 2.14. The minimum atomic E-state index is -5.08.